The summed E-state index contributed by atoms with van der Waals surface area (Å²) in [7, 11) is 0. The zero-order valence-electron chi connectivity index (χ0n) is 10.4. The van der Waals surface area contributed by atoms with Crippen LogP contribution in [0, 0.1) is 0 Å². The van der Waals surface area contributed by atoms with E-state index in [2.05, 4.69) is 0 Å². The maximum absolute atomic E-state index is 11.3. The summed E-state index contributed by atoms with van der Waals surface area (Å²) < 4.78 is 10.2. The molecule has 98 valence electrons. The maximum Gasteiger partial charge on any atom is 0.305 e. The smallest absolute Gasteiger partial charge is 0.305 e. The normalized spacial score (nSPS) is 21.9. The van der Waals surface area contributed by atoms with Crippen LogP contribution in [-0.4, -0.2) is 25.2 Å². The van der Waals surface area contributed by atoms with Crippen LogP contribution < -0.4 is 0 Å². The summed E-state index contributed by atoms with van der Waals surface area (Å²) in [6, 6.07) is 0. The van der Waals surface area contributed by atoms with Gasteiger partial charge in [-0.15, -0.1) is 0 Å². The van der Waals surface area contributed by atoms with E-state index in [-0.39, 0.29) is 11.9 Å². The van der Waals surface area contributed by atoms with Gasteiger partial charge in [-0.05, 0) is 38.5 Å². The molecule has 1 aliphatic heterocycles. The van der Waals surface area contributed by atoms with Crippen LogP contribution in [0.1, 0.15) is 57.8 Å². The van der Waals surface area contributed by atoms with Crippen molar-refractivity contribution in [3.63, 3.8) is 0 Å². The first-order valence-electron chi connectivity index (χ1n) is 6.60. The summed E-state index contributed by atoms with van der Waals surface area (Å²) in [5.41, 5.74) is 0. The van der Waals surface area contributed by atoms with E-state index in [9.17, 15) is 9.59 Å². The molecule has 0 bridgehead atoms. The number of hydrogen-bond donors (Lipinski definition) is 0. The lowest BCUT2D eigenvalue weighted by molar-refractivity contribution is -0.144. The molecule has 4 nitrogen and oxygen atoms in total. The summed E-state index contributed by atoms with van der Waals surface area (Å²) >= 11 is 0. The Hall–Kier alpha value is -1.06. The van der Waals surface area contributed by atoms with Crippen LogP contribution in [-0.2, 0) is 19.1 Å². The van der Waals surface area contributed by atoms with Gasteiger partial charge in [-0.3, -0.25) is 9.59 Å². The van der Waals surface area contributed by atoms with E-state index in [1.165, 1.54) is 0 Å². The Morgan fingerprint density at radius 1 is 0.588 bits per heavy atom. The first kappa shape index (κ1) is 14.0. The van der Waals surface area contributed by atoms with Crippen molar-refractivity contribution < 1.29 is 19.1 Å². The predicted molar refractivity (Wildman–Crippen MR) is 63.5 cm³/mol. The van der Waals surface area contributed by atoms with Gasteiger partial charge in [0.15, 0.2) is 0 Å². The van der Waals surface area contributed by atoms with Crippen molar-refractivity contribution in [1.82, 2.24) is 0 Å². The summed E-state index contributed by atoms with van der Waals surface area (Å²) in [5, 5.41) is 0. The van der Waals surface area contributed by atoms with Gasteiger partial charge in [0.25, 0.3) is 0 Å². The van der Waals surface area contributed by atoms with Gasteiger partial charge in [0.1, 0.15) is 0 Å². The third kappa shape index (κ3) is 7.77. The van der Waals surface area contributed by atoms with Gasteiger partial charge in [-0.25, -0.2) is 0 Å². The van der Waals surface area contributed by atoms with E-state index < -0.39 is 0 Å². The zero-order chi connectivity index (χ0) is 12.3. The van der Waals surface area contributed by atoms with Crippen LogP contribution in [0.3, 0.4) is 0 Å². The Bertz CT molecular complexity index is 214. The summed E-state index contributed by atoms with van der Waals surface area (Å²) in [6.45, 7) is 1.05. The van der Waals surface area contributed by atoms with Gasteiger partial charge in [0, 0.05) is 12.8 Å². The van der Waals surface area contributed by atoms with Crippen molar-refractivity contribution in [2.24, 2.45) is 0 Å². The molecule has 0 amide bonds. The number of carbonyl (C=O) groups excluding carboxylic acids is 2. The molecule has 0 radical (unpaired) electrons. The van der Waals surface area contributed by atoms with Gasteiger partial charge in [0.05, 0.1) is 13.2 Å². The van der Waals surface area contributed by atoms with Gasteiger partial charge in [-0.2, -0.15) is 0 Å². The average Bonchev–Trinajstić information content (AvgIpc) is 2.31. The molecule has 0 aliphatic carbocycles. The second-order valence-electron chi connectivity index (χ2n) is 4.42. The SMILES string of the molecule is O=C1CCCCCC(=O)OCCCCCCO1. The highest BCUT2D eigenvalue weighted by atomic mass is 16.5. The minimum atomic E-state index is -0.109. The fourth-order valence-corrected chi connectivity index (χ4v) is 1.79. The first-order valence-corrected chi connectivity index (χ1v) is 6.60. The quantitative estimate of drug-likeness (QED) is 0.613. The molecule has 0 unspecified atom stereocenters. The Kier molecular flexibility index (Phi) is 7.43. The van der Waals surface area contributed by atoms with Crippen molar-refractivity contribution in [3.05, 3.63) is 0 Å². The molecule has 0 aromatic rings. The van der Waals surface area contributed by atoms with E-state index in [0.29, 0.717) is 26.1 Å². The predicted octanol–water partition coefficient (Wildman–Crippen LogP) is 2.60. The minimum absolute atomic E-state index is 0.109. The lowest BCUT2D eigenvalue weighted by atomic mass is 10.1. The molecule has 1 rings (SSSR count). The molecule has 1 saturated heterocycles. The Morgan fingerprint density at radius 2 is 1.00 bits per heavy atom. The third-order valence-corrected chi connectivity index (χ3v) is 2.83. The zero-order valence-corrected chi connectivity index (χ0v) is 10.4. The molecule has 4 heteroatoms. The van der Waals surface area contributed by atoms with E-state index in [1.54, 1.807) is 0 Å². The molecule has 17 heavy (non-hydrogen) atoms. The average molecular weight is 242 g/mol. The van der Waals surface area contributed by atoms with Crippen molar-refractivity contribution in [3.8, 4) is 0 Å². The number of hydrogen-bond acceptors (Lipinski definition) is 4. The largest absolute Gasteiger partial charge is 0.466 e. The standard InChI is InChI=1S/C13H22O4/c14-12-8-4-3-5-9-13(15)17-11-7-2-1-6-10-16-12/h1-11H2. The monoisotopic (exact) mass is 242 g/mol. The van der Waals surface area contributed by atoms with Gasteiger partial charge in [0.2, 0.25) is 0 Å². The lowest BCUT2D eigenvalue weighted by Gasteiger charge is -2.04. The molecule has 0 aromatic heterocycles. The van der Waals surface area contributed by atoms with Crippen molar-refractivity contribution in [2.45, 2.75) is 57.8 Å². The maximum atomic E-state index is 11.3. The number of esters is 2. The molecule has 0 spiro atoms. The molecular weight excluding hydrogens is 220 g/mol. The van der Waals surface area contributed by atoms with E-state index in [4.69, 9.17) is 9.47 Å². The summed E-state index contributed by atoms with van der Waals surface area (Å²) in [4.78, 5) is 22.5. The van der Waals surface area contributed by atoms with Crippen molar-refractivity contribution in [1.29, 1.82) is 0 Å². The molecule has 0 saturated carbocycles. The third-order valence-electron chi connectivity index (χ3n) is 2.83. The first-order chi connectivity index (χ1) is 8.29. The topological polar surface area (TPSA) is 52.6 Å². The van der Waals surface area contributed by atoms with Crippen LogP contribution >= 0.6 is 0 Å². The van der Waals surface area contributed by atoms with E-state index in [1.807, 2.05) is 0 Å². The molecule has 1 aliphatic rings. The number of carbonyl (C=O) groups is 2. The lowest BCUT2D eigenvalue weighted by Crippen LogP contribution is -2.05. The van der Waals surface area contributed by atoms with Crippen molar-refractivity contribution in [2.75, 3.05) is 13.2 Å². The van der Waals surface area contributed by atoms with Gasteiger partial charge < -0.3 is 9.47 Å². The second-order valence-corrected chi connectivity index (χ2v) is 4.42. The molecule has 0 atom stereocenters. The molecule has 0 N–H and O–H groups in total. The van der Waals surface area contributed by atoms with Crippen LogP contribution in [0.25, 0.3) is 0 Å². The van der Waals surface area contributed by atoms with E-state index in [0.717, 1.165) is 44.9 Å². The number of rotatable bonds is 0. The number of ether oxygens (including phenoxy) is 2. The second kappa shape index (κ2) is 9.02. The molecular formula is C13H22O4. The Balaban J connectivity index is 2.23. The van der Waals surface area contributed by atoms with Crippen LogP contribution in [0.5, 0.6) is 0 Å². The summed E-state index contributed by atoms with van der Waals surface area (Å²) in [5.74, 6) is -0.218. The van der Waals surface area contributed by atoms with E-state index >= 15 is 0 Å². The molecule has 1 fully saturated rings. The highest BCUT2D eigenvalue weighted by Gasteiger charge is 2.06. The Labute approximate surface area is 103 Å². The van der Waals surface area contributed by atoms with Crippen LogP contribution in [0.2, 0.25) is 0 Å². The fourth-order valence-electron chi connectivity index (χ4n) is 1.79. The molecule has 1 heterocycles. The minimum Gasteiger partial charge on any atom is -0.466 e. The highest BCUT2D eigenvalue weighted by molar-refractivity contribution is 5.69. The molecule has 0 aromatic carbocycles. The number of cyclic esters (lactones) is 2. The van der Waals surface area contributed by atoms with Gasteiger partial charge >= 0.3 is 11.9 Å². The summed E-state index contributed by atoms with van der Waals surface area (Å²) in [6.07, 6.45) is 7.25. The highest BCUT2D eigenvalue weighted by Crippen LogP contribution is 2.08. The fraction of sp³-hybridized carbons (Fsp3) is 0.846. The Morgan fingerprint density at radius 3 is 1.47 bits per heavy atom. The van der Waals surface area contributed by atoms with Gasteiger partial charge in [-0.1, -0.05) is 6.42 Å². The van der Waals surface area contributed by atoms with Crippen LogP contribution in [0.4, 0.5) is 0 Å². The van der Waals surface area contributed by atoms with Crippen LogP contribution in [0.15, 0.2) is 0 Å². The van der Waals surface area contributed by atoms with Crippen molar-refractivity contribution >= 4 is 11.9 Å².